The Kier molecular flexibility index (Phi) is 13.9. The molecule has 0 heterocycles. The Labute approximate surface area is 280 Å². The molecular formula is C36H44O8Ti. The summed E-state index contributed by atoms with van der Waals surface area (Å²) in [6.45, 7) is 10.9. The molecule has 4 aliphatic rings. The Bertz CT molecular complexity index is 1370. The standard InChI is InChI=1S/2C15H14O3.2C3H8O.Ti/c2*1-8-5-6-9-11(7-8)14(17)10-3-2-4-12(16)13(10)15(9)18;2*1-3(2)4;/h2*2-5,9,11,16H,6-7H2,1H3;2*3-4H,1-2H3;/t2*9-,11+;;;/m00.../s1. The molecular weight excluding hydrogens is 608 g/mol. The molecule has 240 valence electrons. The summed E-state index contributed by atoms with van der Waals surface area (Å²) < 4.78 is 0. The minimum absolute atomic E-state index is 0. The van der Waals surface area contributed by atoms with Crippen LogP contribution in [0.4, 0.5) is 0 Å². The number of ketones is 4. The van der Waals surface area contributed by atoms with Crippen LogP contribution in [0.15, 0.2) is 59.7 Å². The van der Waals surface area contributed by atoms with Gasteiger partial charge in [0.2, 0.25) is 0 Å². The number of phenolic OH excluding ortho intramolecular Hbond substituents is 2. The third-order valence-electron chi connectivity index (χ3n) is 7.95. The van der Waals surface area contributed by atoms with Gasteiger partial charge in [0, 0.05) is 68.7 Å². The largest absolute Gasteiger partial charge is 0.507 e. The zero-order chi connectivity index (χ0) is 32.9. The van der Waals surface area contributed by atoms with Crippen molar-refractivity contribution in [1.82, 2.24) is 0 Å². The van der Waals surface area contributed by atoms with E-state index in [1.165, 1.54) is 23.3 Å². The van der Waals surface area contributed by atoms with Gasteiger partial charge in [0.1, 0.15) is 11.5 Å². The summed E-state index contributed by atoms with van der Waals surface area (Å²) in [5.41, 5.74) is 3.54. The van der Waals surface area contributed by atoms with Crippen LogP contribution in [0.1, 0.15) is 109 Å². The number of carbonyl (C=O) groups is 4. The van der Waals surface area contributed by atoms with Crippen molar-refractivity contribution in [2.24, 2.45) is 23.7 Å². The summed E-state index contributed by atoms with van der Waals surface area (Å²) in [7, 11) is 0. The number of carbonyl (C=O) groups excluding carboxylic acids is 4. The fourth-order valence-electron chi connectivity index (χ4n) is 6.04. The molecule has 0 unspecified atom stereocenters. The summed E-state index contributed by atoms with van der Waals surface area (Å²) in [5.74, 6) is -1.38. The molecule has 0 saturated carbocycles. The molecule has 0 fully saturated rings. The molecule has 45 heavy (non-hydrogen) atoms. The van der Waals surface area contributed by atoms with E-state index >= 15 is 0 Å². The van der Waals surface area contributed by atoms with Crippen molar-refractivity contribution in [3.8, 4) is 11.5 Å². The topological polar surface area (TPSA) is 149 Å². The average Bonchev–Trinajstić information content (AvgIpc) is 2.94. The molecule has 0 saturated heterocycles. The minimum Gasteiger partial charge on any atom is -0.507 e. The number of hydrogen-bond acceptors (Lipinski definition) is 8. The van der Waals surface area contributed by atoms with Gasteiger partial charge < -0.3 is 20.4 Å². The van der Waals surface area contributed by atoms with Gasteiger partial charge in [-0.2, -0.15) is 0 Å². The van der Waals surface area contributed by atoms with E-state index in [0.717, 1.165) is 0 Å². The summed E-state index contributed by atoms with van der Waals surface area (Å²) in [4.78, 5) is 49.6. The quantitative estimate of drug-likeness (QED) is 0.193. The van der Waals surface area contributed by atoms with E-state index in [1.54, 1.807) is 52.0 Å². The number of benzene rings is 2. The summed E-state index contributed by atoms with van der Waals surface area (Å²) >= 11 is 0. The molecule has 2 aromatic carbocycles. The first-order chi connectivity index (χ1) is 20.6. The van der Waals surface area contributed by atoms with Crippen molar-refractivity contribution in [1.29, 1.82) is 0 Å². The van der Waals surface area contributed by atoms with Crippen LogP contribution in [0, 0.1) is 23.7 Å². The van der Waals surface area contributed by atoms with Crippen LogP contribution in [-0.2, 0) is 21.7 Å². The fourth-order valence-corrected chi connectivity index (χ4v) is 6.04. The minimum atomic E-state index is -0.290. The van der Waals surface area contributed by atoms with Gasteiger partial charge >= 0.3 is 0 Å². The molecule has 0 radical (unpaired) electrons. The number of allylic oxidation sites excluding steroid dienone is 4. The Hall–Kier alpha value is -3.17. The maximum Gasteiger partial charge on any atom is 0.171 e. The molecule has 0 amide bonds. The smallest absolute Gasteiger partial charge is 0.171 e. The number of aliphatic hydroxyl groups is 2. The third-order valence-corrected chi connectivity index (χ3v) is 7.95. The Morgan fingerprint density at radius 2 is 0.889 bits per heavy atom. The first-order valence-corrected chi connectivity index (χ1v) is 15.1. The second-order valence-electron chi connectivity index (χ2n) is 12.5. The van der Waals surface area contributed by atoms with Gasteiger partial charge in [0.15, 0.2) is 23.1 Å². The van der Waals surface area contributed by atoms with Gasteiger partial charge in [-0.3, -0.25) is 19.2 Å². The van der Waals surface area contributed by atoms with Crippen LogP contribution in [0.2, 0.25) is 0 Å². The zero-order valence-corrected chi connectivity index (χ0v) is 28.4. The number of fused-ring (bicyclic) bond motifs is 4. The molecule has 9 heteroatoms. The van der Waals surface area contributed by atoms with E-state index in [1.807, 2.05) is 26.0 Å². The molecule has 0 bridgehead atoms. The van der Waals surface area contributed by atoms with E-state index in [0.29, 0.717) is 36.8 Å². The fraction of sp³-hybridized carbons (Fsp3) is 0.444. The zero-order valence-electron chi connectivity index (χ0n) is 26.8. The van der Waals surface area contributed by atoms with Crippen LogP contribution in [0.5, 0.6) is 11.5 Å². The number of phenols is 2. The molecule has 4 atom stereocenters. The summed E-state index contributed by atoms with van der Waals surface area (Å²) in [6, 6.07) is 9.44. The van der Waals surface area contributed by atoms with Crippen molar-refractivity contribution in [3.63, 3.8) is 0 Å². The van der Waals surface area contributed by atoms with E-state index in [9.17, 15) is 29.4 Å². The van der Waals surface area contributed by atoms with Gasteiger partial charge in [-0.25, -0.2) is 0 Å². The van der Waals surface area contributed by atoms with Crippen molar-refractivity contribution in [3.05, 3.63) is 82.0 Å². The SMILES string of the molecule is CC(C)O.CC(C)O.CC1=CC[C@@H]2C(=O)c3c(O)cccc3C(=O)[C@@H]2C1.CC1=CC[C@@H]2C(=O)c3c(O)cccc3C(=O)[C@@H]2C1.[Ti]. The van der Waals surface area contributed by atoms with Crippen LogP contribution in [0.3, 0.4) is 0 Å². The van der Waals surface area contributed by atoms with E-state index in [4.69, 9.17) is 10.2 Å². The van der Waals surface area contributed by atoms with Crippen LogP contribution in [0.25, 0.3) is 0 Å². The van der Waals surface area contributed by atoms with E-state index < -0.39 is 0 Å². The predicted octanol–water partition coefficient (Wildman–Crippen LogP) is 6.26. The normalized spacial score (nSPS) is 22.7. The average molecular weight is 653 g/mol. The monoisotopic (exact) mass is 652 g/mol. The molecule has 0 aliphatic heterocycles. The van der Waals surface area contributed by atoms with E-state index in [-0.39, 0.29) is 103 Å². The Morgan fingerprint density at radius 1 is 0.578 bits per heavy atom. The van der Waals surface area contributed by atoms with Crippen molar-refractivity contribution in [2.75, 3.05) is 0 Å². The molecule has 0 spiro atoms. The second-order valence-corrected chi connectivity index (χ2v) is 12.5. The number of rotatable bonds is 0. The summed E-state index contributed by atoms with van der Waals surface area (Å²) in [6.07, 6.45) is 6.24. The Morgan fingerprint density at radius 3 is 1.20 bits per heavy atom. The van der Waals surface area contributed by atoms with Gasteiger partial charge in [-0.1, -0.05) is 47.6 Å². The molecule has 0 aromatic heterocycles. The first kappa shape index (κ1) is 38.0. The van der Waals surface area contributed by atoms with Crippen LogP contribution in [-0.4, -0.2) is 55.8 Å². The number of Topliss-reactive ketones (excluding diaryl/α,β-unsaturated/α-hetero) is 4. The molecule has 8 nitrogen and oxygen atoms in total. The Balaban J connectivity index is 0.000000250. The van der Waals surface area contributed by atoms with E-state index in [2.05, 4.69) is 0 Å². The molecule has 2 aromatic rings. The molecule has 4 N–H and O–H groups in total. The first-order valence-electron chi connectivity index (χ1n) is 15.1. The van der Waals surface area contributed by atoms with Gasteiger partial charge in [0.25, 0.3) is 0 Å². The molecule has 4 aliphatic carbocycles. The third kappa shape index (κ3) is 8.98. The van der Waals surface area contributed by atoms with Gasteiger partial charge in [-0.05, 0) is 79.4 Å². The summed E-state index contributed by atoms with van der Waals surface area (Å²) in [5, 5.41) is 35.7. The van der Waals surface area contributed by atoms with Crippen molar-refractivity contribution >= 4 is 23.1 Å². The maximum absolute atomic E-state index is 12.4. The maximum atomic E-state index is 12.4. The van der Waals surface area contributed by atoms with Gasteiger partial charge in [0.05, 0.1) is 11.1 Å². The van der Waals surface area contributed by atoms with Crippen LogP contribution < -0.4 is 0 Å². The predicted molar refractivity (Wildman–Crippen MR) is 168 cm³/mol. The van der Waals surface area contributed by atoms with Crippen LogP contribution >= 0.6 is 0 Å². The number of aromatic hydroxyl groups is 2. The van der Waals surface area contributed by atoms with Crippen molar-refractivity contribution in [2.45, 2.75) is 79.4 Å². The van der Waals surface area contributed by atoms with Crippen molar-refractivity contribution < 1.29 is 61.3 Å². The number of aliphatic hydroxyl groups excluding tert-OH is 2. The molecule has 6 rings (SSSR count). The van der Waals surface area contributed by atoms with Gasteiger partial charge in [-0.15, -0.1) is 0 Å². The number of hydrogen-bond donors (Lipinski definition) is 4. The second kappa shape index (κ2) is 16.4.